The average molecular weight is 360 g/mol. The van der Waals surface area contributed by atoms with Gasteiger partial charge in [0, 0.05) is 33.4 Å². The smallest absolute Gasteiger partial charge is 0.251 e. The summed E-state index contributed by atoms with van der Waals surface area (Å²) in [6.07, 6.45) is 1.53. The van der Waals surface area contributed by atoms with Gasteiger partial charge in [-0.3, -0.25) is 4.79 Å². The minimum Gasteiger partial charge on any atom is -0.383 e. The van der Waals surface area contributed by atoms with E-state index in [1.165, 1.54) is 4.31 Å². The zero-order chi connectivity index (χ0) is 16.9. The maximum absolute atomic E-state index is 12.8. The predicted octanol–water partition coefficient (Wildman–Crippen LogP) is -0.804. The van der Waals surface area contributed by atoms with E-state index in [4.69, 9.17) is 14.2 Å². The van der Waals surface area contributed by atoms with Gasteiger partial charge < -0.3 is 19.1 Å². The van der Waals surface area contributed by atoms with Gasteiger partial charge in [0.15, 0.2) is 0 Å². The molecule has 4 atom stereocenters. The topological polar surface area (TPSA) is 85.4 Å². The monoisotopic (exact) mass is 360 g/mol. The van der Waals surface area contributed by atoms with Crippen molar-refractivity contribution in [2.75, 3.05) is 46.5 Å². The normalized spacial score (nSPS) is 40.9. The van der Waals surface area contributed by atoms with Crippen LogP contribution in [0.3, 0.4) is 0 Å². The second-order valence-electron chi connectivity index (χ2n) is 7.12. The van der Waals surface area contributed by atoms with Gasteiger partial charge in [0.05, 0.1) is 19.3 Å². The molecule has 8 nitrogen and oxygen atoms in total. The highest BCUT2D eigenvalue weighted by molar-refractivity contribution is 7.90. The largest absolute Gasteiger partial charge is 0.383 e. The zero-order valence-electron chi connectivity index (χ0n) is 13.8. The van der Waals surface area contributed by atoms with Crippen LogP contribution in [0, 0.1) is 0 Å². The van der Waals surface area contributed by atoms with Gasteiger partial charge in [0.1, 0.15) is 17.0 Å². The molecule has 4 rings (SSSR count). The molecule has 0 aromatic heterocycles. The predicted molar refractivity (Wildman–Crippen MR) is 83.9 cm³/mol. The van der Waals surface area contributed by atoms with E-state index in [-0.39, 0.29) is 18.1 Å². The van der Waals surface area contributed by atoms with Crippen molar-refractivity contribution in [1.82, 2.24) is 9.21 Å². The van der Waals surface area contributed by atoms with Crippen molar-refractivity contribution >= 4 is 15.9 Å². The summed E-state index contributed by atoms with van der Waals surface area (Å²) in [5, 5.41) is -0.561. The molecule has 0 aromatic rings. The van der Waals surface area contributed by atoms with Crippen LogP contribution in [0.25, 0.3) is 0 Å². The maximum atomic E-state index is 12.8. The lowest BCUT2D eigenvalue weighted by atomic mass is 9.99. The first kappa shape index (κ1) is 16.7. The lowest BCUT2D eigenvalue weighted by Gasteiger charge is -2.40. The molecule has 1 spiro atoms. The standard InChI is InChI=1S/C15H24N2O6S/c1-21-6-4-17-10-15-9-16(14(18)12-3-2-5-22-12)8-11(23-15)7-13(15)24(17,19)20/h11-13H,2-10H2,1H3/t11-,12?,13+,15+/m1/s1. The summed E-state index contributed by atoms with van der Waals surface area (Å²) in [5.41, 5.74) is -0.802. The lowest BCUT2D eigenvalue weighted by molar-refractivity contribution is -0.159. The summed E-state index contributed by atoms with van der Waals surface area (Å²) < 4.78 is 43.7. The first-order chi connectivity index (χ1) is 11.5. The summed E-state index contributed by atoms with van der Waals surface area (Å²) in [6.45, 7) is 2.39. The quantitative estimate of drug-likeness (QED) is 0.652. The van der Waals surface area contributed by atoms with E-state index in [9.17, 15) is 13.2 Å². The summed E-state index contributed by atoms with van der Waals surface area (Å²) >= 11 is 0. The van der Waals surface area contributed by atoms with E-state index in [0.717, 1.165) is 12.8 Å². The molecule has 0 saturated carbocycles. The van der Waals surface area contributed by atoms with E-state index in [1.54, 1.807) is 12.0 Å². The fourth-order valence-electron chi connectivity index (χ4n) is 4.49. The molecule has 0 aromatic carbocycles. The molecule has 4 aliphatic rings. The number of methoxy groups -OCH3 is 1. The Balaban J connectivity index is 1.54. The minimum absolute atomic E-state index is 0.0198. The Bertz CT molecular complexity index is 619. The van der Waals surface area contributed by atoms with Crippen molar-refractivity contribution in [2.24, 2.45) is 0 Å². The molecule has 24 heavy (non-hydrogen) atoms. The highest BCUT2D eigenvalue weighted by atomic mass is 32.2. The second-order valence-corrected chi connectivity index (χ2v) is 9.24. The molecule has 4 fully saturated rings. The number of ether oxygens (including phenoxy) is 3. The van der Waals surface area contributed by atoms with Crippen LogP contribution in [0.4, 0.5) is 0 Å². The van der Waals surface area contributed by atoms with Gasteiger partial charge in [-0.25, -0.2) is 8.42 Å². The highest BCUT2D eigenvalue weighted by Crippen LogP contribution is 2.46. The first-order valence-corrected chi connectivity index (χ1v) is 10.0. The Kier molecular flexibility index (Phi) is 4.12. The Hall–Kier alpha value is -0.740. The van der Waals surface area contributed by atoms with E-state index < -0.39 is 20.9 Å². The third-order valence-electron chi connectivity index (χ3n) is 5.57. The number of amides is 1. The molecular weight excluding hydrogens is 336 g/mol. The van der Waals surface area contributed by atoms with Crippen molar-refractivity contribution in [3.8, 4) is 0 Å². The van der Waals surface area contributed by atoms with Crippen molar-refractivity contribution in [2.45, 2.75) is 42.3 Å². The van der Waals surface area contributed by atoms with Gasteiger partial charge >= 0.3 is 0 Å². The van der Waals surface area contributed by atoms with Crippen LogP contribution in [-0.4, -0.2) is 93.1 Å². The number of hydrogen-bond acceptors (Lipinski definition) is 6. The lowest BCUT2D eigenvalue weighted by Crippen LogP contribution is -2.58. The highest BCUT2D eigenvalue weighted by Gasteiger charge is 2.65. The Morgan fingerprint density at radius 1 is 1.38 bits per heavy atom. The SMILES string of the molecule is COCCN1C[C@@]23CN(C(=O)C4CCCO4)C[C@@H](C[C@@H]2S1(=O)=O)O3. The number of likely N-dealkylation sites (tertiary alicyclic amines) is 1. The van der Waals surface area contributed by atoms with E-state index in [2.05, 4.69) is 0 Å². The van der Waals surface area contributed by atoms with E-state index >= 15 is 0 Å². The van der Waals surface area contributed by atoms with Gasteiger partial charge in [-0.05, 0) is 19.3 Å². The molecule has 4 heterocycles. The number of hydrogen-bond donors (Lipinski definition) is 0. The Morgan fingerprint density at radius 2 is 2.21 bits per heavy atom. The Morgan fingerprint density at radius 3 is 2.92 bits per heavy atom. The van der Waals surface area contributed by atoms with Crippen LogP contribution in [0.1, 0.15) is 19.3 Å². The molecule has 0 aliphatic carbocycles. The van der Waals surface area contributed by atoms with Gasteiger partial charge in [0.2, 0.25) is 10.0 Å². The fraction of sp³-hybridized carbons (Fsp3) is 0.933. The number of carbonyl (C=O) groups excluding carboxylic acids is 1. The minimum atomic E-state index is -3.41. The van der Waals surface area contributed by atoms with Crippen LogP contribution in [0.5, 0.6) is 0 Å². The summed E-state index contributed by atoms with van der Waals surface area (Å²) in [4.78, 5) is 14.4. The molecule has 2 bridgehead atoms. The summed E-state index contributed by atoms with van der Waals surface area (Å²) in [6, 6.07) is 0. The van der Waals surface area contributed by atoms with Gasteiger partial charge in [-0.15, -0.1) is 0 Å². The molecule has 9 heteroatoms. The van der Waals surface area contributed by atoms with Crippen molar-refractivity contribution < 1.29 is 27.4 Å². The van der Waals surface area contributed by atoms with E-state index in [0.29, 0.717) is 45.8 Å². The van der Waals surface area contributed by atoms with Gasteiger partial charge in [-0.1, -0.05) is 0 Å². The number of sulfonamides is 1. The third kappa shape index (κ3) is 2.48. The number of carbonyl (C=O) groups is 1. The number of fused-ring (bicyclic) bond motifs is 1. The molecule has 136 valence electrons. The van der Waals surface area contributed by atoms with Crippen LogP contribution in [-0.2, 0) is 29.0 Å². The van der Waals surface area contributed by atoms with Crippen LogP contribution < -0.4 is 0 Å². The molecule has 0 N–H and O–H groups in total. The van der Waals surface area contributed by atoms with Crippen molar-refractivity contribution in [1.29, 1.82) is 0 Å². The van der Waals surface area contributed by atoms with Crippen LogP contribution in [0.2, 0.25) is 0 Å². The molecule has 4 aliphatic heterocycles. The maximum Gasteiger partial charge on any atom is 0.251 e. The van der Waals surface area contributed by atoms with Crippen molar-refractivity contribution in [3.05, 3.63) is 0 Å². The summed E-state index contributed by atoms with van der Waals surface area (Å²) in [7, 11) is -1.86. The fourth-order valence-corrected chi connectivity index (χ4v) is 6.78. The molecule has 0 radical (unpaired) electrons. The van der Waals surface area contributed by atoms with Crippen molar-refractivity contribution in [3.63, 3.8) is 0 Å². The zero-order valence-corrected chi connectivity index (χ0v) is 14.7. The second kappa shape index (κ2) is 5.91. The number of nitrogens with zero attached hydrogens (tertiary/aromatic N) is 2. The molecule has 1 amide bonds. The summed E-state index contributed by atoms with van der Waals surface area (Å²) in [5.74, 6) is -0.0198. The molecular formula is C15H24N2O6S. The Labute approximate surface area is 142 Å². The molecule has 4 saturated heterocycles. The molecule has 1 unspecified atom stereocenters. The van der Waals surface area contributed by atoms with Gasteiger partial charge in [0.25, 0.3) is 5.91 Å². The first-order valence-electron chi connectivity index (χ1n) is 8.52. The van der Waals surface area contributed by atoms with Crippen LogP contribution in [0.15, 0.2) is 0 Å². The van der Waals surface area contributed by atoms with Crippen LogP contribution >= 0.6 is 0 Å². The van der Waals surface area contributed by atoms with E-state index in [1.807, 2.05) is 0 Å². The number of rotatable bonds is 4. The van der Waals surface area contributed by atoms with Gasteiger partial charge in [-0.2, -0.15) is 4.31 Å². The average Bonchev–Trinajstić information content (AvgIpc) is 3.21. The number of morpholine rings is 1. The third-order valence-corrected chi connectivity index (χ3v) is 7.95.